The Bertz CT molecular complexity index is 763. The molecule has 1 atom stereocenters. The molecule has 2 aromatic rings. The summed E-state index contributed by atoms with van der Waals surface area (Å²) in [6, 6.07) is 12.1. The second-order valence-corrected chi connectivity index (χ2v) is 5.69. The number of hydrogen-bond acceptors (Lipinski definition) is 3. The lowest BCUT2D eigenvalue weighted by atomic mass is 10.1. The average molecular weight is 350 g/mol. The molecule has 0 spiro atoms. The van der Waals surface area contributed by atoms with E-state index in [9.17, 15) is 4.79 Å². The molecule has 6 heteroatoms. The molecule has 0 aromatic heterocycles. The molecule has 1 aliphatic heterocycles. The Morgan fingerprint density at radius 3 is 2.78 bits per heavy atom. The number of hydrogen-bond donors (Lipinski definition) is 0. The number of fused-ring (bicyclic) bond motifs is 1. The van der Waals surface area contributed by atoms with Gasteiger partial charge in [0, 0.05) is 10.6 Å². The summed E-state index contributed by atoms with van der Waals surface area (Å²) >= 11 is 12.2. The van der Waals surface area contributed by atoms with Crippen LogP contribution in [0.3, 0.4) is 0 Å². The molecule has 1 amide bonds. The topological polar surface area (TPSA) is 38.8 Å². The van der Waals surface area contributed by atoms with E-state index in [2.05, 4.69) is 6.58 Å². The maximum Gasteiger partial charge on any atom is 0.422 e. The molecule has 0 radical (unpaired) electrons. The van der Waals surface area contributed by atoms with Gasteiger partial charge < -0.3 is 9.47 Å². The lowest BCUT2D eigenvalue weighted by Gasteiger charge is -2.35. The monoisotopic (exact) mass is 349 g/mol. The van der Waals surface area contributed by atoms with Crippen molar-refractivity contribution in [2.45, 2.75) is 6.23 Å². The van der Waals surface area contributed by atoms with E-state index in [0.29, 0.717) is 21.5 Å². The lowest BCUT2D eigenvalue weighted by molar-refractivity contribution is 0.0611. The summed E-state index contributed by atoms with van der Waals surface area (Å²) in [6.45, 7) is 3.92. The number of carbonyl (C=O) groups is 1. The fourth-order valence-electron chi connectivity index (χ4n) is 2.38. The van der Waals surface area contributed by atoms with E-state index in [1.807, 2.05) is 12.1 Å². The zero-order valence-corrected chi connectivity index (χ0v) is 13.6. The van der Waals surface area contributed by atoms with Gasteiger partial charge in [0.15, 0.2) is 6.23 Å². The van der Waals surface area contributed by atoms with E-state index in [1.165, 1.54) is 4.90 Å². The first kappa shape index (κ1) is 15.9. The molecule has 118 valence electrons. The largest absolute Gasteiger partial charge is 0.422 e. The third-order valence-electron chi connectivity index (χ3n) is 3.35. The number of nitrogens with zero attached hydrogens (tertiary/aromatic N) is 1. The van der Waals surface area contributed by atoms with Crippen LogP contribution in [0, 0.1) is 0 Å². The van der Waals surface area contributed by atoms with Gasteiger partial charge in [-0.3, -0.25) is 0 Å². The van der Waals surface area contributed by atoms with Gasteiger partial charge in [0.2, 0.25) is 0 Å². The molecule has 0 saturated carbocycles. The standard InChI is InChI=1S/C17H13Cl2NO3/c1-2-9-22-16-12-5-3-4-6-15(12)23-17(21)20(16)14-8-7-11(18)10-13(14)19/h2-8,10,16H,1,9H2. The number of anilines is 1. The molecule has 3 rings (SSSR count). The molecular formula is C17H13Cl2NO3. The minimum atomic E-state index is -0.663. The molecule has 0 bridgehead atoms. The van der Waals surface area contributed by atoms with Crippen LogP contribution in [0.4, 0.5) is 10.5 Å². The van der Waals surface area contributed by atoms with Crippen molar-refractivity contribution in [3.05, 3.63) is 70.7 Å². The number of rotatable bonds is 4. The highest BCUT2D eigenvalue weighted by Crippen LogP contribution is 2.41. The molecule has 0 saturated heterocycles. The van der Waals surface area contributed by atoms with Crippen LogP contribution in [0.25, 0.3) is 0 Å². The first-order valence-electron chi connectivity index (χ1n) is 6.89. The highest BCUT2D eigenvalue weighted by molar-refractivity contribution is 6.36. The van der Waals surface area contributed by atoms with Crippen LogP contribution in [0.1, 0.15) is 11.8 Å². The van der Waals surface area contributed by atoms with Crippen molar-refractivity contribution in [2.24, 2.45) is 0 Å². The summed E-state index contributed by atoms with van der Waals surface area (Å²) in [5.74, 6) is 0.466. The smallest absolute Gasteiger partial charge is 0.409 e. The quantitative estimate of drug-likeness (QED) is 0.710. The van der Waals surface area contributed by atoms with E-state index >= 15 is 0 Å². The second kappa shape index (κ2) is 6.62. The van der Waals surface area contributed by atoms with Crippen molar-refractivity contribution < 1.29 is 14.3 Å². The SMILES string of the molecule is C=CCOC1c2ccccc2OC(=O)N1c1ccc(Cl)cc1Cl. The van der Waals surface area contributed by atoms with Gasteiger partial charge in [0.05, 0.1) is 17.3 Å². The van der Waals surface area contributed by atoms with Gasteiger partial charge in [-0.2, -0.15) is 0 Å². The van der Waals surface area contributed by atoms with E-state index in [4.69, 9.17) is 32.7 Å². The Kier molecular flexibility index (Phi) is 4.57. The molecule has 0 fully saturated rings. The molecule has 1 heterocycles. The number of amides is 1. The van der Waals surface area contributed by atoms with E-state index < -0.39 is 12.3 Å². The number of benzene rings is 2. The zero-order valence-electron chi connectivity index (χ0n) is 12.0. The molecule has 2 aromatic carbocycles. The highest BCUT2D eigenvalue weighted by atomic mass is 35.5. The summed E-state index contributed by atoms with van der Waals surface area (Å²) < 4.78 is 11.2. The van der Waals surface area contributed by atoms with Gasteiger partial charge in [-0.25, -0.2) is 9.69 Å². The summed E-state index contributed by atoms with van der Waals surface area (Å²) in [7, 11) is 0. The third-order valence-corrected chi connectivity index (χ3v) is 3.89. The van der Waals surface area contributed by atoms with Gasteiger partial charge in [-0.1, -0.05) is 47.5 Å². The van der Waals surface area contributed by atoms with Crippen LogP contribution >= 0.6 is 23.2 Å². The first-order valence-corrected chi connectivity index (χ1v) is 7.65. The number of carbonyl (C=O) groups excluding carboxylic acids is 1. The predicted octanol–water partition coefficient (Wildman–Crippen LogP) is 5.21. The minimum Gasteiger partial charge on any atom is -0.409 e. The van der Waals surface area contributed by atoms with Crippen molar-refractivity contribution in [1.82, 2.24) is 0 Å². The van der Waals surface area contributed by atoms with Gasteiger partial charge in [-0.15, -0.1) is 6.58 Å². The highest BCUT2D eigenvalue weighted by Gasteiger charge is 2.37. The van der Waals surface area contributed by atoms with E-state index in [1.54, 1.807) is 36.4 Å². The van der Waals surface area contributed by atoms with Crippen LogP contribution in [-0.4, -0.2) is 12.7 Å². The summed E-state index contributed by atoms with van der Waals surface area (Å²) in [4.78, 5) is 13.8. The normalized spacial score (nSPS) is 16.7. The van der Waals surface area contributed by atoms with Gasteiger partial charge in [0.1, 0.15) is 5.75 Å². The third kappa shape index (κ3) is 3.06. The van der Waals surface area contributed by atoms with Crippen LogP contribution in [0.5, 0.6) is 5.75 Å². The van der Waals surface area contributed by atoms with Crippen LogP contribution in [0.15, 0.2) is 55.1 Å². The van der Waals surface area contributed by atoms with Crippen LogP contribution < -0.4 is 9.64 Å². The van der Waals surface area contributed by atoms with E-state index in [-0.39, 0.29) is 6.61 Å². The molecule has 23 heavy (non-hydrogen) atoms. The van der Waals surface area contributed by atoms with Gasteiger partial charge in [0.25, 0.3) is 0 Å². The number of halogens is 2. The minimum absolute atomic E-state index is 0.272. The molecule has 0 aliphatic carbocycles. The first-order chi connectivity index (χ1) is 11.1. The average Bonchev–Trinajstić information content (AvgIpc) is 2.53. The summed E-state index contributed by atoms with van der Waals surface area (Å²) in [5, 5.41) is 0.814. The van der Waals surface area contributed by atoms with Gasteiger partial charge >= 0.3 is 6.09 Å². The van der Waals surface area contributed by atoms with Crippen molar-refractivity contribution in [2.75, 3.05) is 11.5 Å². The Morgan fingerprint density at radius 2 is 2.04 bits per heavy atom. The molecular weight excluding hydrogens is 337 g/mol. The summed E-state index contributed by atoms with van der Waals surface area (Å²) in [5.41, 5.74) is 1.20. The Balaban J connectivity index is 2.09. The van der Waals surface area contributed by atoms with Crippen molar-refractivity contribution >= 4 is 35.0 Å². The van der Waals surface area contributed by atoms with Crippen molar-refractivity contribution in [3.8, 4) is 5.75 Å². The number of para-hydroxylation sites is 1. The maximum atomic E-state index is 12.5. The molecule has 0 N–H and O–H groups in total. The van der Waals surface area contributed by atoms with E-state index in [0.717, 1.165) is 5.56 Å². The fourth-order valence-corrected chi connectivity index (χ4v) is 2.88. The fraction of sp³-hybridized carbons (Fsp3) is 0.118. The van der Waals surface area contributed by atoms with Crippen molar-refractivity contribution in [3.63, 3.8) is 0 Å². The second-order valence-electron chi connectivity index (χ2n) is 4.85. The molecule has 1 unspecified atom stereocenters. The lowest BCUT2D eigenvalue weighted by Crippen LogP contribution is -2.42. The number of ether oxygens (including phenoxy) is 2. The summed E-state index contributed by atoms with van der Waals surface area (Å²) in [6.07, 6.45) is 0.385. The predicted molar refractivity (Wildman–Crippen MR) is 90.3 cm³/mol. The Morgan fingerprint density at radius 1 is 1.26 bits per heavy atom. The van der Waals surface area contributed by atoms with Crippen LogP contribution in [0.2, 0.25) is 10.0 Å². The molecule has 4 nitrogen and oxygen atoms in total. The Labute approximate surface area is 143 Å². The maximum absolute atomic E-state index is 12.5. The Hall–Kier alpha value is -2.01. The zero-order chi connectivity index (χ0) is 16.4. The van der Waals surface area contributed by atoms with Gasteiger partial charge in [-0.05, 0) is 24.3 Å². The van der Waals surface area contributed by atoms with Crippen molar-refractivity contribution in [1.29, 1.82) is 0 Å². The molecule has 1 aliphatic rings. The van der Waals surface area contributed by atoms with Crippen LogP contribution in [-0.2, 0) is 4.74 Å².